The zero-order valence-corrected chi connectivity index (χ0v) is 7.53. The van der Waals surface area contributed by atoms with Gasteiger partial charge in [0.15, 0.2) is 0 Å². The molecule has 64 valence electrons. The lowest BCUT2D eigenvalue weighted by Crippen LogP contribution is -1.85. The molecule has 0 aliphatic heterocycles. The number of fused-ring (bicyclic) bond motifs is 1. The highest BCUT2D eigenvalue weighted by Gasteiger charge is 2.12. The fourth-order valence-electron chi connectivity index (χ4n) is 1.38. The molecule has 2 aromatic heterocycles. The van der Waals surface area contributed by atoms with Crippen LogP contribution in [0.3, 0.4) is 0 Å². The Balaban J connectivity index is 2.71. The Bertz CT molecular complexity index is 397. The second kappa shape index (κ2) is 2.37. The third-order valence-corrected chi connectivity index (χ3v) is 2.07. The third kappa shape index (κ3) is 0.858. The van der Waals surface area contributed by atoms with Gasteiger partial charge in [0.25, 0.3) is 0 Å². The summed E-state index contributed by atoms with van der Waals surface area (Å²) in [5, 5.41) is 5.15. The summed E-state index contributed by atoms with van der Waals surface area (Å²) in [6.07, 6.45) is 1.99. The monoisotopic (exact) mass is 164 g/mol. The maximum absolute atomic E-state index is 5.19. The van der Waals surface area contributed by atoms with Gasteiger partial charge >= 0.3 is 0 Å². The van der Waals surface area contributed by atoms with Crippen molar-refractivity contribution >= 4 is 11.1 Å². The van der Waals surface area contributed by atoms with Crippen molar-refractivity contribution in [3.05, 3.63) is 18.0 Å². The van der Waals surface area contributed by atoms with Crippen LogP contribution in [0.2, 0.25) is 0 Å². The molecule has 12 heavy (non-hydrogen) atoms. The molecular weight excluding hydrogens is 152 g/mol. The lowest BCUT2D eigenvalue weighted by Gasteiger charge is -1.94. The summed E-state index contributed by atoms with van der Waals surface area (Å²) in [6, 6.07) is 2.04. The molecule has 0 saturated carbocycles. The molecule has 0 saturated heterocycles. The van der Waals surface area contributed by atoms with Gasteiger partial charge in [0.1, 0.15) is 0 Å². The molecule has 0 amide bonds. The normalized spacial score (nSPS) is 11.7. The second-order valence-corrected chi connectivity index (χ2v) is 3.37. The fraction of sp³-hybridized carbons (Fsp3) is 0.444. The number of aromatic nitrogens is 2. The molecule has 2 aromatic rings. The predicted molar refractivity (Wildman–Crippen MR) is 47.1 cm³/mol. The van der Waals surface area contributed by atoms with E-state index in [1.807, 2.05) is 23.9 Å². The second-order valence-electron chi connectivity index (χ2n) is 3.37. The molecule has 0 radical (unpaired) electrons. The highest BCUT2D eigenvalue weighted by Crippen LogP contribution is 2.24. The van der Waals surface area contributed by atoms with E-state index in [1.165, 1.54) is 0 Å². The van der Waals surface area contributed by atoms with Gasteiger partial charge in [-0.05, 0) is 12.0 Å². The van der Waals surface area contributed by atoms with Gasteiger partial charge in [-0.25, -0.2) is 0 Å². The minimum atomic E-state index is 0.425. The van der Waals surface area contributed by atoms with Gasteiger partial charge in [-0.1, -0.05) is 19.0 Å². The van der Waals surface area contributed by atoms with Gasteiger partial charge in [0.05, 0.1) is 11.1 Å². The number of hydrogen-bond acceptors (Lipinski definition) is 2. The van der Waals surface area contributed by atoms with E-state index in [0.29, 0.717) is 5.92 Å². The topological polar surface area (TPSA) is 31.0 Å². The Morgan fingerprint density at radius 2 is 2.25 bits per heavy atom. The molecule has 0 atom stereocenters. The molecule has 2 heterocycles. The molecule has 0 spiro atoms. The van der Waals surface area contributed by atoms with E-state index >= 15 is 0 Å². The first-order valence-corrected chi connectivity index (χ1v) is 4.10. The van der Waals surface area contributed by atoms with E-state index in [2.05, 4.69) is 19.0 Å². The first-order chi connectivity index (χ1) is 5.70. The van der Waals surface area contributed by atoms with Crippen molar-refractivity contribution in [1.29, 1.82) is 0 Å². The Morgan fingerprint density at radius 3 is 2.92 bits per heavy atom. The zero-order chi connectivity index (χ0) is 8.72. The van der Waals surface area contributed by atoms with Crippen LogP contribution >= 0.6 is 0 Å². The van der Waals surface area contributed by atoms with Gasteiger partial charge in [-0.2, -0.15) is 0 Å². The van der Waals surface area contributed by atoms with Gasteiger partial charge in [0.2, 0.25) is 5.71 Å². The Morgan fingerprint density at radius 1 is 1.50 bits per heavy atom. The molecular formula is C9H12N2O. The van der Waals surface area contributed by atoms with Crippen LogP contribution in [0.15, 0.2) is 16.8 Å². The first-order valence-electron chi connectivity index (χ1n) is 4.10. The van der Waals surface area contributed by atoms with Crippen molar-refractivity contribution in [1.82, 2.24) is 9.72 Å². The van der Waals surface area contributed by atoms with E-state index < -0.39 is 0 Å². The molecule has 0 fully saturated rings. The number of nitrogens with zero attached hydrogens (tertiary/aromatic N) is 2. The predicted octanol–water partition coefficient (Wildman–Crippen LogP) is 2.29. The van der Waals surface area contributed by atoms with Crippen LogP contribution in [0.5, 0.6) is 0 Å². The molecule has 0 aliphatic rings. The lowest BCUT2D eigenvalue weighted by atomic mass is 10.1. The molecule has 0 bridgehead atoms. The minimum absolute atomic E-state index is 0.425. The van der Waals surface area contributed by atoms with E-state index in [0.717, 1.165) is 16.8 Å². The molecule has 2 rings (SSSR count). The zero-order valence-electron chi connectivity index (χ0n) is 7.53. The average Bonchev–Trinajstić information content (AvgIpc) is 2.53. The first kappa shape index (κ1) is 7.40. The van der Waals surface area contributed by atoms with Gasteiger partial charge in [-0.15, -0.1) is 0 Å². The van der Waals surface area contributed by atoms with Crippen molar-refractivity contribution < 1.29 is 4.52 Å². The molecule has 0 unspecified atom stereocenters. The summed E-state index contributed by atoms with van der Waals surface area (Å²) in [7, 11) is 1.96. The minimum Gasteiger partial charge on any atom is -0.337 e. The summed E-state index contributed by atoms with van der Waals surface area (Å²) in [6.45, 7) is 4.23. The smallest absolute Gasteiger partial charge is 0.238 e. The van der Waals surface area contributed by atoms with E-state index in [1.54, 1.807) is 0 Å². The van der Waals surface area contributed by atoms with E-state index in [4.69, 9.17) is 4.52 Å². The summed E-state index contributed by atoms with van der Waals surface area (Å²) < 4.78 is 7.13. The van der Waals surface area contributed by atoms with Crippen LogP contribution in [-0.2, 0) is 7.05 Å². The van der Waals surface area contributed by atoms with Crippen molar-refractivity contribution in [2.75, 3.05) is 0 Å². The quantitative estimate of drug-likeness (QED) is 0.647. The maximum Gasteiger partial charge on any atom is 0.238 e. The summed E-state index contributed by atoms with van der Waals surface area (Å²) in [4.78, 5) is 0. The Hall–Kier alpha value is -1.25. The van der Waals surface area contributed by atoms with Crippen LogP contribution in [0.4, 0.5) is 0 Å². The van der Waals surface area contributed by atoms with Crippen LogP contribution < -0.4 is 0 Å². The van der Waals surface area contributed by atoms with Crippen molar-refractivity contribution in [3.63, 3.8) is 0 Å². The molecule has 0 aromatic carbocycles. The number of aryl methyl sites for hydroxylation is 1. The highest BCUT2D eigenvalue weighted by atomic mass is 16.5. The van der Waals surface area contributed by atoms with Gasteiger partial charge in [-0.3, -0.25) is 0 Å². The van der Waals surface area contributed by atoms with Crippen LogP contribution in [0, 0.1) is 0 Å². The van der Waals surface area contributed by atoms with Gasteiger partial charge in [0, 0.05) is 13.2 Å². The number of hydrogen-bond donors (Lipinski definition) is 0. The summed E-state index contributed by atoms with van der Waals surface area (Å²) in [5.74, 6) is 0.425. The molecule has 0 N–H and O–H groups in total. The van der Waals surface area contributed by atoms with Crippen LogP contribution in [-0.4, -0.2) is 9.72 Å². The van der Waals surface area contributed by atoms with Crippen molar-refractivity contribution in [2.24, 2.45) is 7.05 Å². The SMILES string of the molecule is CC(C)c1noc2c1ccn2C. The summed E-state index contributed by atoms with van der Waals surface area (Å²) in [5.41, 5.74) is 1.91. The van der Waals surface area contributed by atoms with Crippen LogP contribution in [0.25, 0.3) is 11.1 Å². The largest absolute Gasteiger partial charge is 0.337 e. The third-order valence-electron chi connectivity index (χ3n) is 2.07. The molecule has 3 nitrogen and oxygen atoms in total. The average molecular weight is 164 g/mol. The van der Waals surface area contributed by atoms with E-state index in [9.17, 15) is 0 Å². The lowest BCUT2D eigenvalue weighted by molar-refractivity contribution is 0.426. The van der Waals surface area contributed by atoms with Crippen molar-refractivity contribution in [2.45, 2.75) is 19.8 Å². The molecule has 3 heteroatoms. The van der Waals surface area contributed by atoms with Crippen LogP contribution in [0.1, 0.15) is 25.5 Å². The highest BCUT2D eigenvalue weighted by molar-refractivity contribution is 5.77. The Labute approximate surface area is 71.0 Å². The summed E-state index contributed by atoms with van der Waals surface area (Å²) >= 11 is 0. The number of rotatable bonds is 1. The Kier molecular flexibility index (Phi) is 1.46. The standard InChI is InChI=1S/C9H12N2O/c1-6(2)8-7-4-5-11(3)9(7)12-10-8/h4-6H,1-3H3. The maximum atomic E-state index is 5.19. The molecule has 0 aliphatic carbocycles. The van der Waals surface area contributed by atoms with Gasteiger partial charge < -0.3 is 9.09 Å². The van der Waals surface area contributed by atoms with Crippen molar-refractivity contribution in [3.8, 4) is 0 Å². The fourth-order valence-corrected chi connectivity index (χ4v) is 1.38. The van der Waals surface area contributed by atoms with E-state index in [-0.39, 0.29) is 0 Å².